The molecule has 2 rings (SSSR count). The Bertz CT molecular complexity index is 619. The lowest BCUT2D eigenvalue weighted by atomic mass is 10.0. The fraction of sp³-hybridized carbons (Fsp3) is 0.188. The predicted molar refractivity (Wildman–Crippen MR) is 77.4 cm³/mol. The van der Waals surface area contributed by atoms with Gasteiger partial charge in [-0.3, -0.25) is 4.79 Å². The highest BCUT2D eigenvalue weighted by Crippen LogP contribution is 2.32. The zero-order chi connectivity index (χ0) is 15.2. The molecule has 2 aromatic rings. The largest absolute Gasteiger partial charge is 0.508 e. The summed E-state index contributed by atoms with van der Waals surface area (Å²) in [6, 6.07) is 11.9. The summed E-state index contributed by atoms with van der Waals surface area (Å²) in [5.41, 5.74) is 2.32. The molecule has 0 unspecified atom stereocenters. The van der Waals surface area contributed by atoms with E-state index in [0.29, 0.717) is 11.3 Å². The van der Waals surface area contributed by atoms with Crippen LogP contribution in [0.3, 0.4) is 0 Å². The van der Waals surface area contributed by atoms with Gasteiger partial charge in [-0.25, -0.2) is 0 Å². The lowest BCUT2D eigenvalue weighted by Crippen LogP contribution is -2.03. The summed E-state index contributed by atoms with van der Waals surface area (Å²) < 4.78 is 10.4. The Labute approximate surface area is 122 Å². The van der Waals surface area contributed by atoms with E-state index in [-0.39, 0.29) is 19.0 Å². The summed E-state index contributed by atoms with van der Waals surface area (Å²) in [5.74, 6) is -0.174. The number of carbonyl (C=O) groups is 1. The Morgan fingerprint density at radius 1 is 1.14 bits per heavy atom. The van der Waals surface area contributed by atoms with Crippen LogP contribution in [0, 0.1) is 0 Å². The van der Waals surface area contributed by atoms with Crippen molar-refractivity contribution in [2.24, 2.45) is 0 Å². The van der Waals surface area contributed by atoms with Crippen molar-refractivity contribution >= 4 is 5.97 Å². The SMILES string of the molecule is COCOc1cc(CC(=O)O)ccc1-c1ccc(O)cc1. The minimum atomic E-state index is -0.898. The molecule has 0 aliphatic rings. The Balaban J connectivity index is 2.38. The van der Waals surface area contributed by atoms with Crippen molar-refractivity contribution in [2.75, 3.05) is 13.9 Å². The summed E-state index contributed by atoms with van der Waals surface area (Å²) in [5, 5.41) is 18.2. The molecular weight excluding hydrogens is 272 g/mol. The second-order valence-corrected chi connectivity index (χ2v) is 4.50. The highest BCUT2D eigenvalue weighted by Gasteiger charge is 2.10. The topological polar surface area (TPSA) is 76.0 Å². The van der Waals surface area contributed by atoms with Crippen LogP contribution in [0.1, 0.15) is 5.56 Å². The lowest BCUT2D eigenvalue weighted by Gasteiger charge is -2.12. The maximum absolute atomic E-state index is 10.8. The van der Waals surface area contributed by atoms with Crippen LogP contribution in [0.25, 0.3) is 11.1 Å². The van der Waals surface area contributed by atoms with E-state index >= 15 is 0 Å². The first-order valence-electron chi connectivity index (χ1n) is 6.36. The summed E-state index contributed by atoms with van der Waals surface area (Å²) in [4.78, 5) is 10.8. The van der Waals surface area contributed by atoms with Gasteiger partial charge in [0.15, 0.2) is 6.79 Å². The van der Waals surface area contributed by atoms with Crippen LogP contribution >= 0.6 is 0 Å². The van der Waals surface area contributed by atoms with E-state index in [1.54, 1.807) is 42.5 Å². The minimum absolute atomic E-state index is 0.0702. The van der Waals surface area contributed by atoms with Gasteiger partial charge in [0, 0.05) is 12.7 Å². The van der Waals surface area contributed by atoms with Gasteiger partial charge in [0.05, 0.1) is 6.42 Å². The number of methoxy groups -OCH3 is 1. The second-order valence-electron chi connectivity index (χ2n) is 4.50. The third kappa shape index (κ3) is 3.97. The number of rotatable bonds is 6. The molecule has 0 radical (unpaired) electrons. The maximum Gasteiger partial charge on any atom is 0.307 e. The maximum atomic E-state index is 10.8. The van der Waals surface area contributed by atoms with Gasteiger partial charge < -0.3 is 19.7 Å². The van der Waals surface area contributed by atoms with Gasteiger partial charge in [-0.1, -0.05) is 24.3 Å². The Morgan fingerprint density at radius 3 is 2.48 bits per heavy atom. The van der Waals surface area contributed by atoms with Crippen molar-refractivity contribution < 1.29 is 24.5 Å². The van der Waals surface area contributed by atoms with E-state index in [4.69, 9.17) is 14.6 Å². The quantitative estimate of drug-likeness (QED) is 0.799. The van der Waals surface area contributed by atoms with Crippen LogP contribution in [0.5, 0.6) is 11.5 Å². The Hall–Kier alpha value is -2.53. The van der Waals surface area contributed by atoms with Crippen molar-refractivity contribution in [3.63, 3.8) is 0 Å². The Morgan fingerprint density at radius 2 is 1.86 bits per heavy atom. The normalized spacial score (nSPS) is 10.3. The molecule has 0 aliphatic carbocycles. The van der Waals surface area contributed by atoms with Crippen LogP contribution in [-0.2, 0) is 16.0 Å². The molecule has 0 aromatic heterocycles. The first kappa shape index (κ1) is 14.9. The molecule has 2 N–H and O–H groups in total. The van der Waals surface area contributed by atoms with Gasteiger partial charge in [0.25, 0.3) is 0 Å². The molecule has 0 spiro atoms. The van der Waals surface area contributed by atoms with Crippen molar-refractivity contribution in [3.05, 3.63) is 48.0 Å². The van der Waals surface area contributed by atoms with E-state index in [2.05, 4.69) is 0 Å². The van der Waals surface area contributed by atoms with E-state index < -0.39 is 5.97 Å². The molecule has 5 nitrogen and oxygen atoms in total. The summed E-state index contributed by atoms with van der Waals surface area (Å²) in [6.07, 6.45) is -0.0702. The molecule has 5 heteroatoms. The first-order chi connectivity index (χ1) is 10.1. The minimum Gasteiger partial charge on any atom is -0.508 e. The van der Waals surface area contributed by atoms with Crippen LogP contribution in [0.15, 0.2) is 42.5 Å². The smallest absolute Gasteiger partial charge is 0.307 e. The van der Waals surface area contributed by atoms with Crippen molar-refractivity contribution in [3.8, 4) is 22.6 Å². The molecule has 2 aromatic carbocycles. The van der Waals surface area contributed by atoms with Crippen LogP contribution in [-0.4, -0.2) is 30.1 Å². The number of carboxylic acid groups (broad SMARTS) is 1. The second kappa shape index (κ2) is 6.76. The molecule has 0 aliphatic heterocycles. The molecule has 21 heavy (non-hydrogen) atoms. The van der Waals surface area contributed by atoms with Crippen molar-refractivity contribution in [1.29, 1.82) is 0 Å². The molecule has 110 valence electrons. The van der Waals surface area contributed by atoms with Gasteiger partial charge in [0.2, 0.25) is 0 Å². The third-order valence-corrected chi connectivity index (χ3v) is 2.91. The number of aromatic hydroxyl groups is 1. The molecule has 0 saturated heterocycles. The van der Waals surface area contributed by atoms with Gasteiger partial charge in [-0.2, -0.15) is 0 Å². The number of hydrogen-bond acceptors (Lipinski definition) is 4. The summed E-state index contributed by atoms with van der Waals surface area (Å²) >= 11 is 0. The summed E-state index contributed by atoms with van der Waals surface area (Å²) in [7, 11) is 1.52. The van der Waals surface area contributed by atoms with Gasteiger partial charge in [0.1, 0.15) is 11.5 Å². The number of aliphatic carboxylic acids is 1. The molecule has 0 atom stereocenters. The zero-order valence-corrected chi connectivity index (χ0v) is 11.6. The van der Waals surface area contributed by atoms with Crippen LogP contribution in [0.4, 0.5) is 0 Å². The average Bonchev–Trinajstić information content (AvgIpc) is 2.46. The van der Waals surface area contributed by atoms with Crippen LogP contribution < -0.4 is 4.74 Å². The highest BCUT2D eigenvalue weighted by molar-refractivity contribution is 5.74. The third-order valence-electron chi connectivity index (χ3n) is 2.91. The van der Waals surface area contributed by atoms with E-state index in [1.807, 2.05) is 0 Å². The zero-order valence-electron chi connectivity index (χ0n) is 11.6. The van der Waals surface area contributed by atoms with Gasteiger partial charge in [-0.15, -0.1) is 0 Å². The number of carboxylic acids is 1. The number of phenolic OH excluding ortho intramolecular Hbond substituents is 1. The summed E-state index contributed by atoms with van der Waals surface area (Å²) in [6.45, 7) is 0.0710. The number of benzene rings is 2. The fourth-order valence-corrected chi connectivity index (χ4v) is 1.97. The standard InChI is InChI=1S/C16H16O5/c1-20-10-21-15-8-11(9-16(18)19)2-7-14(15)12-3-5-13(17)6-4-12/h2-8,17H,9-10H2,1H3,(H,18,19). The van der Waals surface area contributed by atoms with E-state index in [0.717, 1.165) is 11.1 Å². The molecular formula is C16H16O5. The molecule has 0 amide bonds. The predicted octanol–water partition coefficient (Wildman–Crippen LogP) is 2.67. The van der Waals surface area contributed by atoms with Crippen molar-refractivity contribution in [1.82, 2.24) is 0 Å². The molecule has 0 fully saturated rings. The van der Waals surface area contributed by atoms with Crippen LogP contribution in [0.2, 0.25) is 0 Å². The highest BCUT2D eigenvalue weighted by atomic mass is 16.7. The molecule has 0 heterocycles. The van der Waals surface area contributed by atoms with E-state index in [9.17, 15) is 9.90 Å². The monoisotopic (exact) mass is 288 g/mol. The van der Waals surface area contributed by atoms with E-state index in [1.165, 1.54) is 7.11 Å². The number of ether oxygens (including phenoxy) is 2. The fourth-order valence-electron chi connectivity index (χ4n) is 1.97. The Kier molecular flexibility index (Phi) is 4.79. The lowest BCUT2D eigenvalue weighted by molar-refractivity contribution is -0.136. The van der Waals surface area contributed by atoms with Crippen molar-refractivity contribution in [2.45, 2.75) is 6.42 Å². The van der Waals surface area contributed by atoms with Gasteiger partial charge in [-0.05, 0) is 29.3 Å². The molecule has 0 bridgehead atoms. The molecule has 0 saturated carbocycles. The van der Waals surface area contributed by atoms with Gasteiger partial charge >= 0.3 is 5.97 Å². The number of phenols is 1. The number of hydrogen-bond donors (Lipinski definition) is 2. The first-order valence-corrected chi connectivity index (χ1v) is 6.36. The average molecular weight is 288 g/mol.